The minimum absolute atomic E-state index is 0.252. The topological polar surface area (TPSA) is 67.2 Å². The summed E-state index contributed by atoms with van der Waals surface area (Å²) in [5.41, 5.74) is 0.566. The highest BCUT2D eigenvalue weighted by molar-refractivity contribution is 6.33. The zero-order chi connectivity index (χ0) is 18.0. The molecule has 8 heteroatoms. The fourth-order valence-corrected chi connectivity index (χ4v) is 2.46. The monoisotopic (exact) mass is 363 g/mol. The summed E-state index contributed by atoms with van der Waals surface area (Å²) in [4.78, 5) is 12.1. The maximum Gasteiger partial charge on any atom is 0.324 e. The Morgan fingerprint density at radius 2 is 1.68 bits per heavy atom. The second-order valence-corrected chi connectivity index (χ2v) is 5.53. The van der Waals surface area contributed by atoms with E-state index in [9.17, 15) is 13.6 Å². The molecule has 0 saturated heterocycles. The molecule has 3 rings (SSSR count). The summed E-state index contributed by atoms with van der Waals surface area (Å²) in [6.07, 6.45) is 0. The van der Waals surface area contributed by atoms with Gasteiger partial charge in [0, 0.05) is 5.56 Å². The van der Waals surface area contributed by atoms with Gasteiger partial charge in [0.1, 0.15) is 28.7 Å². The lowest BCUT2D eigenvalue weighted by Crippen LogP contribution is -2.21. The molecule has 1 aromatic heterocycles. The molecule has 0 unspecified atom stereocenters. The van der Waals surface area contributed by atoms with Crippen LogP contribution in [-0.2, 0) is 0 Å². The summed E-state index contributed by atoms with van der Waals surface area (Å²) < 4.78 is 32.4. The number of aryl methyl sites for hydroxylation is 1. The Morgan fingerprint density at radius 1 is 1.04 bits per heavy atom. The van der Waals surface area contributed by atoms with Crippen LogP contribution in [0.5, 0.6) is 0 Å². The fraction of sp³-hybridized carbons (Fsp3) is 0.0588. The van der Waals surface area contributed by atoms with Gasteiger partial charge < -0.3 is 15.2 Å². The molecule has 0 aliphatic rings. The van der Waals surface area contributed by atoms with Crippen LogP contribution in [0.2, 0.25) is 5.02 Å². The minimum atomic E-state index is -0.886. The number of halogens is 3. The lowest BCUT2D eigenvalue weighted by molar-refractivity contribution is 0.262. The van der Waals surface area contributed by atoms with Crippen molar-refractivity contribution in [1.29, 1.82) is 0 Å². The van der Waals surface area contributed by atoms with Gasteiger partial charge in [-0.25, -0.2) is 13.6 Å². The van der Waals surface area contributed by atoms with Crippen LogP contribution in [-0.4, -0.2) is 11.2 Å². The van der Waals surface area contributed by atoms with Crippen molar-refractivity contribution in [1.82, 2.24) is 5.16 Å². The van der Waals surface area contributed by atoms with Crippen molar-refractivity contribution in [2.24, 2.45) is 0 Å². The second kappa shape index (κ2) is 6.90. The Labute approximate surface area is 146 Å². The van der Waals surface area contributed by atoms with Gasteiger partial charge in [0.05, 0.1) is 5.02 Å². The van der Waals surface area contributed by atoms with E-state index in [2.05, 4.69) is 15.8 Å². The predicted octanol–water partition coefficient (Wildman–Crippen LogP) is 5.23. The average molecular weight is 364 g/mol. The van der Waals surface area contributed by atoms with Crippen molar-refractivity contribution >= 4 is 29.0 Å². The molecule has 3 aromatic rings. The lowest BCUT2D eigenvalue weighted by atomic mass is 10.1. The Bertz CT molecular complexity index is 923. The first-order chi connectivity index (χ1) is 12.0. The zero-order valence-electron chi connectivity index (χ0n) is 12.9. The van der Waals surface area contributed by atoms with Gasteiger partial charge in [-0.2, -0.15) is 0 Å². The van der Waals surface area contributed by atoms with Crippen molar-refractivity contribution in [3.05, 3.63) is 64.9 Å². The number of aromatic nitrogens is 1. The van der Waals surface area contributed by atoms with Crippen molar-refractivity contribution in [2.75, 3.05) is 10.6 Å². The number of nitrogens with zero attached hydrogens (tertiary/aromatic N) is 1. The van der Waals surface area contributed by atoms with E-state index < -0.39 is 23.4 Å². The standard InChI is InChI=1S/C17H12ClF2N3O2/c1-9-14(15(23-25-9)10-5-2-3-6-11(10)18)21-17(24)22-16-12(19)7-4-8-13(16)20/h2-8H,1H3,(H2,21,22,24). The number of hydrogen-bond donors (Lipinski definition) is 2. The first-order valence-corrected chi connectivity index (χ1v) is 7.58. The molecule has 128 valence electrons. The Hall–Kier alpha value is -2.93. The highest BCUT2D eigenvalue weighted by Crippen LogP contribution is 2.34. The number of nitrogens with one attached hydrogen (secondary N) is 2. The third-order valence-electron chi connectivity index (χ3n) is 3.43. The van der Waals surface area contributed by atoms with Gasteiger partial charge in [-0.15, -0.1) is 0 Å². The van der Waals surface area contributed by atoms with E-state index >= 15 is 0 Å². The maximum atomic E-state index is 13.6. The third-order valence-corrected chi connectivity index (χ3v) is 3.76. The molecule has 1 heterocycles. The van der Waals surface area contributed by atoms with E-state index in [1.807, 2.05) is 0 Å². The molecule has 0 saturated carbocycles. The van der Waals surface area contributed by atoms with E-state index in [4.69, 9.17) is 16.1 Å². The van der Waals surface area contributed by atoms with Crippen LogP contribution in [0, 0.1) is 18.6 Å². The van der Waals surface area contributed by atoms with Gasteiger partial charge in [-0.05, 0) is 25.1 Å². The number of rotatable bonds is 3. The molecular weight excluding hydrogens is 352 g/mol. The molecule has 0 aliphatic heterocycles. The van der Waals surface area contributed by atoms with E-state index in [1.54, 1.807) is 31.2 Å². The fourth-order valence-electron chi connectivity index (χ4n) is 2.23. The van der Waals surface area contributed by atoms with Crippen LogP contribution in [0.4, 0.5) is 25.0 Å². The van der Waals surface area contributed by atoms with Crippen LogP contribution in [0.25, 0.3) is 11.3 Å². The summed E-state index contributed by atoms with van der Waals surface area (Å²) in [7, 11) is 0. The first-order valence-electron chi connectivity index (χ1n) is 7.20. The summed E-state index contributed by atoms with van der Waals surface area (Å²) in [6, 6.07) is 9.32. The number of anilines is 2. The van der Waals surface area contributed by atoms with Crippen LogP contribution < -0.4 is 10.6 Å². The van der Waals surface area contributed by atoms with E-state index in [0.29, 0.717) is 22.0 Å². The Kier molecular flexibility index (Phi) is 4.67. The first kappa shape index (κ1) is 16.9. The SMILES string of the molecule is Cc1onc(-c2ccccc2Cl)c1NC(=O)Nc1c(F)cccc1F. The number of carbonyl (C=O) groups is 1. The minimum Gasteiger partial charge on any atom is -0.359 e. The number of para-hydroxylation sites is 1. The van der Waals surface area contributed by atoms with E-state index in [0.717, 1.165) is 12.1 Å². The molecule has 2 aromatic carbocycles. The molecule has 2 amide bonds. The average Bonchev–Trinajstić information content (AvgIpc) is 2.92. The Morgan fingerprint density at radius 3 is 2.36 bits per heavy atom. The number of benzene rings is 2. The maximum absolute atomic E-state index is 13.6. The Balaban J connectivity index is 1.88. The summed E-state index contributed by atoms with van der Waals surface area (Å²) in [5, 5.41) is 8.93. The summed E-state index contributed by atoms with van der Waals surface area (Å²) >= 11 is 6.14. The zero-order valence-corrected chi connectivity index (χ0v) is 13.7. The summed E-state index contributed by atoms with van der Waals surface area (Å²) in [5.74, 6) is -1.45. The van der Waals surface area contributed by atoms with Crippen molar-refractivity contribution < 1.29 is 18.1 Å². The highest BCUT2D eigenvalue weighted by atomic mass is 35.5. The van der Waals surface area contributed by atoms with Crippen LogP contribution in [0.15, 0.2) is 47.0 Å². The van der Waals surface area contributed by atoms with Crippen LogP contribution >= 0.6 is 11.6 Å². The molecule has 0 bridgehead atoms. The molecule has 0 atom stereocenters. The highest BCUT2D eigenvalue weighted by Gasteiger charge is 2.20. The third kappa shape index (κ3) is 3.46. The largest absolute Gasteiger partial charge is 0.359 e. The molecule has 0 radical (unpaired) electrons. The predicted molar refractivity (Wildman–Crippen MR) is 90.7 cm³/mol. The van der Waals surface area contributed by atoms with Crippen LogP contribution in [0.1, 0.15) is 5.76 Å². The number of urea groups is 1. The van der Waals surface area contributed by atoms with Crippen molar-refractivity contribution in [2.45, 2.75) is 6.92 Å². The van der Waals surface area contributed by atoms with Crippen LogP contribution in [0.3, 0.4) is 0 Å². The van der Waals surface area contributed by atoms with E-state index in [-0.39, 0.29) is 5.69 Å². The van der Waals surface area contributed by atoms with Gasteiger partial charge >= 0.3 is 6.03 Å². The number of carbonyl (C=O) groups excluding carboxylic acids is 1. The molecular formula is C17H12ClF2N3O2. The molecule has 2 N–H and O–H groups in total. The molecule has 5 nitrogen and oxygen atoms in total. The smallest absolute Gasteiger partial charge is 0.324 e. The molecule has 0 spiro atoms. The van der Waals surface area contributed by atoms with Gasteiger partial charge in [0.15, 0.2) is 5.76 Å². The molecule has 0 fully saturated rings. The number of amides is 2. The van der Waals surface area contributed by atoms with Gasteiger partial charge in [-0.1, -0.05) is 41.0 Å². The normalized spacial score (nSPS) is 10.6. The van der Waals surface area contributed by atoms with Crippen molar-refractivity contribution in [3.8, 4) is 11.3 Å². The molecule has 0 aliphatic carbocycles. The van der Waals surface area contributed by atoms with Gasteiger partial charge in [0.25, 0.3) is 0 Å². The number of hydrogen-bond acceptors (Lipinski definition) is 3. The quantitative estimate of drug-likeness (QED) is 0.670. The van der Waals surface area contributed by atoms with Gasteiger partial charge in [-0.3, -0.25) is 0 Å². The molecule has 25 heavy (non-hydrogen) atoms. The van der Waals surface area contributed by atoms with E-state index in [1.165, 1.54) is 6.07 Å². The lowest BCUT2D eigenvalue weighted by Gasteiger charge is -2.10. The second-order valence-electron chi connectivity index (χ2n) is 5.12. The van der Waals surface area contributed by atoms with Crippen molar-refractivity contribution in [3.63, 3.8) is 0 Å². The van der Waals surface area contributed by atoms with Gasteiger partial charge in [0.2, 0.25) is 0 Å². The summed E-state index contributed by atoms with van der Waals surface area (Å²) in [6.45, 7) is 1.59.